The smallest absolute Gasteiger partial charge is 0.305 e. The Morgan fingerprint density at radius 2 is 1.93 bits per heavy atom. The lowest BCUT2D eigenvalue weighted by molar-refractivity contribution is -0.126. The molecule has 1 aromatic carbocycles. The first-order valence-electron chi connectivity index (χ1n) is 9.24. The zero-order valence-electron chi connectivity index (χ0n) is 15.5. The highest BCUT2D eigenvalue weighted by Gasteiger charge is 2.28. The van der Waals surface area contributed by atoms with E-state index >= 15 is 0 Å². The third-order valence-corrected chi connectivity index (χ3v) is 4.98. The predicted molar refractivity (Wildman–Crippen MR) is 104 cm³/mol. The van der Waals surface area contributed by atoms with Crippen molar-refractivity contribution in [3.05, 3.63) is 54.0 Å². The van der Waals surface area contributed by atoms with E-state index in [9.17, 15) is 9.59 Å². The molecule has 0 radical (unpaired) electrons. The Kier molecular flexibility index (Phi) is 4.92. The lowest BCUT2D eigenvalue weighted by Crippen LogP contribution is -2.49. The number of amides is 2. The third-order valence-electron chi connectivity index (χ3n) is 4.98. The predicted octanol–water partition coefficient (Wildman–Crippen LogP) is 2.21. The number of nitrogens with zero attached hydrogens (tertiary/aromatic N) is 3. The van der Waals surface area contributed by atoms with Gasteiger partial charge in [-0.3, -0.25) is 20.4 Å². The van der Waals surface area contributed by atoms with Gasteiger partial charge < -0.3 is 9.32 Å². The Labute approximate surface area is 161 Å². The summed E-state index contributed by atoms with van der Waals surface area (Å²) in [5.74, 6) is -0.148. The number of rotatable bonds is 3. The summed E-state index contributed by atoms with van der Waals surface area (Å²) in [5, 5.41) is 0.879. The fourth-order valence-electron chi connectivity index (χ4n) is 3.50. The number of aromatic nitrogens is 2. The first-order valence-corrected chi connectivity index (χ1v) is 9.24. The highest BCUT2D eigenvalue weighted by Crippen LogP contribution is 2.24. The third kappa shape index (κ3) is 3.53. The zero-order chi connectivity index (χ0) is 19.5. The van der Waals surface area contributed by atoms with Gasteiger partial charge in [-0.1, -0.05) is 18.2 Å². The Bertz CT molecular complexity index is 1000. The summed E-state index contributed by atoms with van der Waals surface area (Å²) < 4.78 is 5.63. The molecule has 1 atom stereocenters. The van der Waals surface area contributed by atoms with Crippen LogP contribution in [-0.2, 0) is 4.79 Å². The van der Waals surface area contributed by atoms with Crippen LogP contribution in [0.15, 0.2) is 47.1 Å². The molecule has 0 saturated carbocycles. The van der Waals surface area contributed by atoms with Gasteiger partial charge in [0.1, 0.15) is 5.58 Å². The monoisotopic (exact) mass is 379 g/mol. The number of carbonyl (C=O) groups is 2. The van der Waals surface area contributed by atoms with Gasteiger partial charge in [0.05, 0.1) is 5.92 Å². The largest absolute Gasteiger partial charge is 0.451 e. The lowest BCUT2D eigenvalue weighted by Gasteiger charge is -2.31. The van der Waals surface area contributed by atoms with Crippen LogP contribution < -0.4 is 15.8 Å². The van der Waals surface area contributed by atoms with E-state index in [0.29, 0.717) is 18.1 Å². The standard InChI is InChI=1S/C20H21N5O3/c1-13-15-7-2-3-8-16(15)28-17(13)19(27)24-23-18(26)14-6-4-11-25(12-14)20-21-9-5-10-22-20/h2-3,5,7-10,14H,4,6,11-12H2,1H3,(H,23,26)(H,24,27). The van der Waals surface area contributed by atoms with Gasteiger partial charge in [0.25, 0.3) is 0 Å². The Hall–Kier alpha value is -3.42. The first kappa shape index (κ1) is 18.0. The number of anilines is 1. The van der Waals surface area contributed by atoms with Crippen molar-refractivity contribution >= 4 is 28.7 Å². The molecule has 1 fully saturated rings. The molecule has 2 N–H and O–H groups in total. The molecule has 0 aliphatic carbocycles. The van der Waals surface area contributed by atoms with E-state index in [1.165, 1.54) is 0 Å². The molecular formula is C20H21N5O3. The van der Waals surface area contributed by atoms with Gasteiger partial charge in [0.15, 0.2) is 5.76 Å². The second-order valence-corrected chi connectivity index (χ2v) is 6.83. The zero-order valence-corrected chi connectivity index (χ0v) is 15.5. The van der Waals surface area contributed by atoms with Crippen LogP contribution in [0.3, 0.4) is 0 Å². The molecule has 4 rings (SSSR count). The summed E-state index contributed by atoms with van der Waals surface area (Å²) in [6.45, 7) is 3.13. The molecule has 3 aromatic rings. The molecule has 2 aromatic heterocycles. The molecule has 8 heteroatoms. The molecule has 8 nitrogen and oxygen atoms in total. The molecular weight excluding hydrogens is 358 g/mol. The molecule has 2 amide bonds. The summed E-state index contributed by atoms with van der Waals surface area (Å²) in [6, 6.07) is 9.19. The lowest BCUT2D eigenvalue weighted by atomic mass is 9.98. The van der Waals surface area contributed by atoms with Crippen molar-refractivity contribution in [2.24, 2.45) is 5.92 Å². The second kappa shape index (κ2) is 7.67. The van der Waals surface area contributed by atoms with Crippen molar-refractivity contribution in [1.29, 1.82) is 0 Å². The van der Waals surface area contributed by atoms with Crippen LogP contribution >= 0.6 is 0 Å². The van der Waals surface area contributed by atoms with Crippen LogP contribution in [0.2, 0.25) is 0 Å². The maximum atomic E-state index is 12.5. The van der Waals surface area contributed by atoms with Gasteiger partial charge in [0.2, 0.25) is 11.9 Å². The fourth-order valence-corrected chi connectivity index (χ4v) is 3.50. The Morgan fingerprint density at radius 3 is 2.71 bits per heavy atom. The van der Waals surface area contributed by atoms with Crippen LogP contribution in [0.5, 0.6) is 0 Å². The fraction of sp³-hybridized carbons (Fsp3) is 0.300. The number of hydrazine groups is 1. The van der Waals surface area contributed by atoms with Crippen LogP contribution in [0.1, 0.15) is 29.0 Å². The Balaban J connectivity index is 1.38. The number of aryl methyl sites for hydroxylation is 1. The van der Waals surface area contributed by atoms with E-state index in [-0.39, 0.29) is 17.6 Å². The van der Waals surface area contributed by atoms with Crippen LogP contribution in [0, 0.1) is 12.8 Å². The number of furan rings is 1. The van der Waals surface area contributed by atoms with Crippen molar-refractivity contribution in [3.8, 4) is 0 Å². The molecule has 144 valence electrons. The van der Waals surface area contributed by atoms with E-state index in [4.69, 9.17) is 4.42 Å². The molecule has 1 saturated heterocycles. The minimum Gasteiger partial charge on any atom is -0.451 e. The average molecular weight is 379 g/mol. The van der Waals surface area contributed by atoms with Gasteiger partial charge >= 0.3 is 5.91 Å². The molecule has 1 aliphatic rings. The average Bonchev–Trinajstić information content (AvgIpc) is 3.09. The minimum absolute atomic E-state index is 0.199. The van der Waals surface area contributed by atoms with Crippen molar-refractivity contribution in [2.75, 3.05) is 18.0 Å². The highest BCUT2D eigenvalue weighted by atomic mass is 16.3. The summed E-state index contributed by atoms with van der Waals surface area (Å²) in [7, 11) is 0. The second-order valence-electron chi connectivity index (χ2n) is 6.83. The van der Waals surface area contributed by atoms with Crippen molar-refractivity contribution in [3.63, 3.8) is 0 Å². The van der Waals surface area contributed by atoms with Crippen LogP contribution in [0.4, 0.5) is 5.95 Å². The number of hydrogen-bond donors (Lipinski definition) is 2. The number of fused-ring (bicyclic) bond motifs is 1. The van der Waals surface area contributed by atoms with E-state index in [2.05, 4.69) is 20.8 Å². The Morgan fingerprint density at radius 1 is 1.14 bits per heavy atom. The van der Waals surface area contributed by atoms with Gasteiger partial charge in [0, 0.05) is 36.4 Å². The highest BCUT2D eigenvalue weighted by molar-refractivity contribution is 5.99. The molecule has 1 aliphatic heterocycles. The normalized spacial score (nSPS) is 16.8. The topological polar surface area (TPSA) is 100 Å². The molecule has 28 heavy (non-hydrogen) atoms. The van der Waals surface area contributed by atoms with E-state index in [0.717, 1.165) is 30.3 Å². The van der Waals surface area contributed by atoms with Crippen molar-refractivity contribution < 1.29 is 14.0 Å². The molecule has 0 spiro atoms. The van der Waals surface area contributed by atoms with E-state index in [1.54, 1.807) is 24.5 Å². The summed E-state index contributed by atoms with van der Waals surface area (Å²) in [6.07, 6.45) is 4.96. The van der Waals surface area contributed by atoms with E-state index in [1.807, 2.05) is 30.0 Å². The number of carbonyl (C=O) groups excluding carboxylic acids is 2. The van der Waals surface area contributed by atoms with Gasteiger partial charge in [-0.05, 0) is 31.9 Å². The van der Waals surface area contributed by atoms with E-state index < -0.39 is 5.91 Å². The number of piperidine rings is 1. The SMILES string of the molecule is Cc1c(C(=O)NNC(=O)C2CCCN(c3ncccn3)C2)oc2ccccc12. The maximum absolute atomic E-state index is 12.5. The number of nitrogens with one attached hydrogen (secondary N) is 2. The van der Waals surface area contributed by atoms with Crippen LogP contribution in [-0.4, -0.2) is 34.9 Å². The number of hydrogen-bond acceptors (Lipinski definition) is 6. The quantitative estimate of drug-likeness (QED) is 0.677. The van der Waals surface area contributed by atoms with Gasteiger partial charge in [-0.2, -0.15) is 0 Å². The molecule has 1 unspecified atom stereocenters. The summed E-state index contributed by atoms with van der Waals surface area (Å²) in [5.41, 5.74) is 6.38. The summed E-state index contributed by atoms with van der Waals surface area (Å²) in [4.78, 5) is 35.5. The maximum Gasteiger partial charge on any atom is 0.305 e. The molecule has 0 bridgehead atoms. The van der Waals surface area contributed by atoms with Gasteiger partial charge in [-0.25, -0.2) is 9.97 Å². The minimum atomic E-state index is -0.471. The van der Waals surface area contributed by atoms with Crippen LogP contribution in [0.25, 0.3) is 11.0 Å². The number of para-hydroxylation sites is 1. The number of benzene rings is 1. The molecule has 3 heterocycles. The first-order chi connectivity index (χ1) is 13.6. The van der Waals surface area contributed by atoms with Gasteiger partial charge in [-0.15, -0.1) is 0 Å². The summed E-state index contributed by atoms with van der Waals surface area (Å²) >= 11 is 0. The van der Waals surface area contributed by atoms with Crippen molar-refractivity contribution in [1.82, 2.24) is 20.8 Å². The van der Waals surface area contributed by atoms with Crippen molar-refractivity contribution in [2.45, 2.75) is 19.8 Å².